The van der Waals surface area contributed by atoms with Gasteiger partial charge in [0.15, 0.2) is 11.5 Å². The summed E-state index contributed by atoms with van der Waals surface area (Å²) in [6.45, 7) is 0. The fraction of sp³-hybridized carbons (Fsp3) is 0.167. The smallest absolute Gasteiger partial charge is 0.240 e. The molecule has 0 unspecified atom stereocenters. The Kier molecular flexibility index (Phi) is 6.17. The van der Waals surface area contributed by atoms with Crippen LogP contribution in [-0.2, 0) is 10.0 Å². The van der Waals surface area contributed by atoms with Crippen LogP contribution in [0.2, 0.25) is 0 Å². The van der Waals surface area contributed by atoms with Crippen LogP contribution in [0.15, 0.2) is 65.6 Å². The zero-order valence-electron chi connectivity index (χ0n) is 18.7. The van der Waals surface area contributed by atoms with Crippen molar-refractivity contribution in [2.24, 2.45) is 0 Å². The van der Waals surface area contributed by atoms with E-state index < -0.39 is 10.0 Å². The van der Waals surface area contributed by atoms with Gasteiger partial charge in [0.1, 0.15) is 5.82 Å². The molecule has 8 nitrogen and oxygen atoms in total. The fourth-order valence-corrected chi connectivity index (χ4v) is 4.50. The first kappa shape index (κ1) is 22.5. The molecule has 0 bridgehead atoms. The topological polar surface area (TPSA) is 102 Å². The number of para-hydroxylation sites is 1. The number of ether oxygens (including phenoxy) is 3. The number of rotatable bonds is 8. The lowest BCUT2D eigenvalue weighted by Crippen LogP contribution is -2.18. The Bertz CT molecular complexity index is 1390. The second-order valence-corrected chi connectivity index (χ2v) is 9.11. The van der Waals surface area contributed by atoms with Gasteiger partial charge < -0.3 is 24.5 Å². The molecule has 1 aromatic heterocycles. The molecule has 0 atom stereocenters. The lowest BCUT2D eigenvalue weighted by molar-refractivity contribution is 0.324. The molecule has 0 spiro atoms. The van der Waals surface area contributed by atoms with Crippen molar-refractivity contribution in [3.05, 3.63) is 60.7 Å². The first-order valence-corrected chi connectivity index (χ1v) is 11.6. The van der Waals surface area contributed by atoms with E-state index in [0.717, 1.165) is 33.5 Å². The van der Waals surface area contributed by atoms with E-state index in [-0.39, 0.29) is 4.90 Å². The van der Waals surface area contributed by atoms with Crippen LogP contribution in [0.3, 0.4) is 0 Å². The second kappa shape index (κ2) is 9.05. The summed E-state index contributed by atoms with van der Waals surface area (Å²) in [5.74, 6) is 2.35. The predicted octanol–water partition coefficient (Wildman–Crippen LogP) is 4.51. The van der Waals surface area contributed by atoms with E-state index in [1.165, 1.54) is 7.05 Å². The molecular weight excluding hydrogens is 442 g/mol. The van der Waals surface area contributed by atoms with Crippen LogP contribution in [0.5, 0.6) is 17.2 Å². The van der Waals surface area contributed by atoms with Gasteiger partial charge >= 0.3 is 0 Å². The Morgan fingerprint density at radius 1 is 0.848 bits per heavy atom. The minimum absolute atomic E-state index is 0.210. The van der Waals surface area contributed by atoms with E-state index in [4.69, 9.17) is 14.2 Å². The fourth-order valence-electron chi connectivity index (χ4n) is 3.72. The molecule has 3 aromatic carbocycles. The van der Waals surface area contributed by atoms with Gasteiger partial charge in [-0.15, -0.1) is 0 Å². The van der Waals surface area contributed by atoms with Crippen molar-refractivity contribution >= 4 is 32.4 Å². The third-order valence-corrected chi connectivity index (χ3v) is 6.74. The Hall–Kier alpha value is -3.69. The van der Waals surface area contributed by atoms with Crippen molar-refractivity contribution in [1.29, 1.82) is 0 Å². The quantitative estimate of drug-likeness (QED) is 0.352. The van der Waals surface area contributed by atoms with Crippen molar-refractivity contribution in [2.75, 3.05) is 33.7 Å². The highest BCUT2D eigenvalue weighted by Gasteiger charge is 2.16. The number of sulfonamides is 1. The highest BCUT2D eigenvalue weighted by molar-refractivity contribution is 7.89. The monoisotopic (exact) mass is 467 g/mol. The summed E-state index contributed by atoms with van der Waals surface area (Å²) in [7, 11) is 2.55. The summed E-state index contributed by atoms with van der Waals surface area (Å²) in [5.41, 5.74) is 3.31. The Morgan fingerprint density at radius 2 is 1.55 bits per heavy atom. The SMILES string of the molecule is CNS(=O)(=O)c1cccc(-c2cccc3cc(Nc4cc(OC)c(OC)c(OC)c4)[nH]c23)c1. The van der Waals surface area contributed by atoms with Gasteiger partial charge in [-0.2, -0.15) is 0 Å². The molecule has 4 aromatic rings. The van der Waals surface area contributed by atoms with Crippen molar-refractivity contribution < 1.29 is 22.6 Å². The number of methoxy groups -OCH3 is 3. The number of hydrogen-bond acceptors (Lipinski definition) is 6. The highest BCUT2D eigenvalue weighted by atomic mass is 32.2. The first-order valence-electron chi connectivity index (χ1n) is 10.1. The lowest BCUT2D eigenvalue weighted by Gasteiger charge is -2.14. The normalized spacial score (nSPS) is 11.4. The number of aromatic amines is 1. The van der Waals surface area contributed by atoms with Gasteiger partial charge in [-0.05, 0) is 30.8 Å². The Morgan fingerprint density at radius 3 is 2.18 bits per heavy atom. The Balaban J connectivity index is 1.75. The maximum Gasteiger partial charge on any atom is 0.240 e. The zero-order chi connectivity index (χ0) is 23.6. The van der Waals surface area contributed by atoms with E-state index >= 15 is 0 Å². The van der Waals surface area contributed by atoms with Crippen LogP contribution in [0.4, 0.5) is 11.5 Å². The minimum Gasteiger partial charge on any atom is -0.493 e. The molecule has 4 rings (SSSR count). The average Bonchev–Trinajstić information content (AvgIpc) is 3.25. The molecule has 0 saturated heterocycles. The maximum absolute atomic E-state index is 12.2. The standard InChI is InChI=1S/C24H25N3O5S/c1-25-33(28,29)18-9-5-7-15(11-18)19-10-6-8-16-12-22(27-23(16)19)26-17-13-20(30-2)24(32-4)21(14-17)31-3/h5-14,25-27H,1-4H3. The molecule has 3 N–H and O–H groups in total. The summed E-state index contributed by atoms with van der Waals surface area (Å²) in [6.07, 6.45) is 0. The van der Waals surface area contributed by atoms with E-state index in [1.54, 1.807) is 39.5 Å². The lowest BCUT2D eigenvalue weighted by atomic mass is 10.0. The number of hydrogen-bond donors (Lipinski definition) is 3. The van der Waals surface area contributed by atoms with Crippen molar-refractivity contribution in [2.45, 2.75) is 4.90 Å². The second-order valence-electron chi connectivity index (χ2n) is 7.23. The summed E-state index contributed by atoms with van der Waals surface area (Å²) >= 11 is 0. The Labute approximate surface area is 192 Å². The van der Waals surface area contributed by atoms with E-state index in [1.807, 2.05) is 42.5 Å². The molecule has 0 aliphatic heterocycles. The number of benzene rings is 3. The predicted molar refractivity (Wildman–Crippen MR) is 129 cm³/mol. The highest BCUT2D eigenvalue weighted by Crippen LogP contribution is 2.41. The van der Waals surface area contributed by atoms with Crippen LogP contribution in [0.1, 0.15) is 0 Å². The molecular formula is C24H25N3O5S. The number of H-pyrrole nitrogens is 1. The average molecular weight is 468 g/mol. The number of nitrogens with one attached hydrogen (secondary N) is 3. The van der Waals surface area contributed by atoms with Crippen LogP contribution < -0.4 is 24.2 Å². The van der Waals surface area contributed by atoms with Crippen LogP contribution in [0, 0.1) is 0 Å². The van der Waals surface area contributed by atoms with E-state index in [9.17, 15) is 8.42 Å². The zero-order valence-corrected chi connectivity index (χ0v) is 19.5. The van der Waals surface area contributed by atoms with Crippen LogP contribution in [0.25, 0.3) is 22.0 Å². The van der Waals surface area contributed by atoms with Crippen molar-refractivity contribution in [3.63, 3.8) is 0 Å². The van der Waals surface area contributed by atoms with Crippen LogP contribution in [-0.4, -0.2) is 41.8 Å². The van der Waals surface area contributed by atoms with Crippen LogP contribution >= 0.6 is 0 Å². The number of anilines is 2. The largest absolute Gasteiger partial charge is 0.493 e. The maximum atomic E-state index is 12.2. The summed E-state index contributed by atoms with van der Waals surface area (Å²) in [6, 6.07) is 18.4. The summed E-state index contributed by atoms with van der Waals surface area (Å²) in [5, 5.41) is 4.32. The van der Waals surface area contributed by atoms with Gasteiger partial charge in [0.05, 0.1) is 31.7 Å². The molecule has 0 fully saturated rings. The third kappa shape index (κ3) is 4.33. The molecule has 0 amide bonds. The molecule has 172 valence electrons. The van der Waals surface area contributed by atoms with Gasteiger partial charge in [0.2, 0.25) is 15.8 Å². The molecule has 0 saturated carbocycles. The first-order chi connectivity index (χ1) is 15.9. The van der Waals surface area contributed by atoms with Gasteiger partial charge in [0.25, 0.3) is 0 Å². The molecule has 33 heavy (non-hydrogen) atoms. The van der Waals surface area contributed by atoms with Crippen molar-refractivity contribution in [3.8, 4) is 28.4 Å². The molecule has 0 aliphatic rings. The van der Waals surface area contributed by atoms with Gasteiger partial charge in [-0.1, -0.05) is 30.3 Å². The number of aromatic nitrogens is 1. The minimum atomic E-state index is -3.54. The van der Waals surface area contributed by atoms with Crippen molar-refractivity contribution in [1.82, 2.24) is 9.71 Å². The molecule has 0 aliphatic carbocycles. The van der Waals surface area contributed by atoms with Gasteiger partial charge in [0, 0.05) is 28.8 Å². The summed E-state index contributed by atoms with van der Waals surface area (Å²) in [4.78, 5) is 3.61. The van der Waals surface area contributed by atoms with Gasteiger partial charge in [-0.25, -0.2) is 13.1 Å². The molecule has 1 heterocycles. The van der Waals surface area contributed by atoms with E-state index in [0.29, 0.717) is 17.2 Å². The van der Waals surface area contributed by atoms with E-state index in [2.05, 4.69) is 15.0 Å². The van der Waals surface area contributed by atoms with Gasteiger partial charge in [-0.3, -0.25) is 0 Å². The summed E-state index contributed by atoms with van der Waals surface area (Å²) < 4.78 is 43.1. The number of fused-ring (bicyclic) bond motifs is 1. The molecule has 0 radical (unpaired) electrons. The molecule has 9 heteroatoms. The third-order valence-electron chi connectivity index (χ3n) is 5.32.